The van der Waals surface area contributed by atoms with Crippen LogP contribution in [0.5, 0.6) is 5.88 Å². The molecule has 0 spiro atoms. The van der Waals surface area contributed by atoms with E-state index in [0.717, 1.165) is 17.7 Å². The van der Waals surface area contributed by atoms with Gasteiger partial charge in [-0.25, -0.2) is 0 Å². The Bertz CT molecular complexity index is 281. The molecule has 0 N–H and O–H groups in total. The van der Waals surface area contributed by atoms with Crippen LogP contribution in [-0.4, -0.2) is 11.8 Å². The Balaban J connectivity index is 2.46. The molecule has 0 aliphatic rings. The fourth-order valence-electron chi connectivity index (χ4n) is 1.63. The first-order valence-corrected chi connectivity index (χ1v) is 5.87. The second kappa shape index (κ2) is 6.49. The molecule has 0 atom stereocenters. The van der Waals surface area contributed by atoms with Crippen molar-refractivity contribution in [3.05, 3.63) is 11.3 Å². The largest absolute Gasteiger partial charge is 0.476 e. The molecule has 0 bridgehead atoms. The SMILES string of the molecule is CCCCCCc1c(OCC)noc1C. The van der Waals surface area contributed by atoms with Crippen LogP contribution in [0.2, 0.25) is 0 Å². The van der Waals surface area contributed by atoms with Gasteiger partial charge in [-0.2, -0.15) is 0 Å². The number of unbranched alkanes of at least 4 members (excludes halogenated alkanes) is 3. The minimum Gasteiger partial charge on any atom is -0.476 e. The standard InChI is InChI=1S/C12H21NO2/c1-4-6-7-8-9-11-10(3)15-13-12(11)14-5-2/h4-9H2,1-3H3. The quantitative estimate of drug-likeness (QED) is 0.647. The molecule has 3 nitrogen and oxygen atoms in total. The van der Waals surface area contributed by atoms with Crippen LogP contribution in [0.3, 0.4) is 0 Å². The van der Waals surface area contributed by atoms with Crippen molar-refractivity contribution in [3.63, 3.8) is 0 Å². The van der Waals surface area contributed by atoms with Gasteiger partial charge >= 0.3 is 0 Å². The van der Waals surface area contributed by atoms with Gasteiger partial charge in [0.15, 0.2) is 0 Å². The molecule has 15 heavy (non-hydrogen) atoms. The Morgan fingerprint density at radius 2 is 2.00 bits per heavy atom. The zero-order valence-corrected chi connectivity index (χ0v) is 10.0. The lowest BCUT2D eigenvalue weighted by Crippen LogP contribution is -1.96. The lowest BCUT2D eigenvalue weighted by atomic mass is 10.1. The van der Waals surface area contributed by atoms with E-state index in [2.05, 4.69) is 12.1 Å². The predicted octanol–water partition coefficient (Wildman–Crippen LogP) is 3.50. The van der Waals surface area contributed by atoms with Gasteiger partial charge in [0, 0.05) is 0 Å². The maximum atomic E-state index is 5.41. The first-order chi connectivity index (χ1) is 7.29. The summed E-state index contributed by atoms with van der Waals surface area (Å²) in [6.07, 6.45) is 6.04. The molecule has 0 aliphatic heterocycles. The van der Waals surface area contributed by atoms with E-state index < -0.39 is 0 Å². The van der Waals surface area contributed by atoms with Crippen molar-refractivity contribution in [2.24, 2.45) is 0 Å². The normalized spacial score (nSPS) is 10.6. The van der Waals surface area contributed by atoms with Crippen LogP contribution in [-0.2, 0) is 6.42 Å². The van der Waals surface area contributed by atoms with E-state index >= 15 is 0 Å². The number of nitrogens with zero attached hydrogens (tertiary/aromatic N) is 1. The van der Waals surface area contributed by atoms with E-state index in [9.17, 15) is 0 Å². The van der Waals surface area contributed by atoms with Crippen LogP contribution in [0.15, 0.2) is 4.52 Å². The Morgan fingerprint density at radius 3 is 2.67 bits per heavy atom. The Kier molecular flexibility index (Phi) is 5.22. The van der Waals surface area contributed by atoms with Gasteiger partial charge in [-0.15, -0.1) is 0 Å². The van der Waals surface area contributed by atoms with Crippen molar-refractivity contribution in [2.75, 3.05) is 6.61 Å². The van der Waals surface area contributed by atoms with Crippen LogP contribution >= 0.6 is 0 Å². The average Bonchev–Trinajstić information content (AvgIpc) is 2.56. The summed E-state index contributed by atoms with van der Waals surface area (Å²) in [4.78, 5) is 0. The van der Waals surface area contributed by atoms with Crippen molar-refractivity contribution in [1.82, 2.24) is 5.16 Å². The summed E-state index contributed by atoms with van der Waals surface area (Å²) in [6, 6.07) is 0. The summed E-state index contributed by atoms with van der Waals surface area (Å²) in [5.74, 6) is 1.58. The van der Waals surface area contributed by atoms with Crippen LogP contribution < -0.4 is 4.74 Å². The summed E-state index contributed by atoms with van der Waals surface area (Å²) in [7, 11) is 0. The van der Waals surface area contributed by atoms with Crippen molar-refractivity contribution in [3.8, 4) is 5.88 Å². The topological polar surface area (TPSA) is 35.3 Å². The highest BCUT2D eigenvalue weighted by atomic mass is 16.5. The third kappa shape index (κ3) is 3.57. The predicted molar refractivity (Wildman–Crippen MR) is 60.3 cm³/mol. The Morgan fingerprint density at radius 1 is 1.20 bits per heavy atom. The van der Waals surface area contributed by atoms with E-state index in [1.807, 2.05) is 13.8 Å². The molecular formula is C12H21NO2. The van der Waals surface area contributed by atoms with Crippen molar-refractivity contribution in [2.45, 2.75) is 52.9 Å². The maximum absolute atomic E-state index is 5.41. The summed E-state index contributed by atoms with van der Waals surface area (Å²) in [6.45, 7) is 6.78. The van der Waals surface area contributed by atoms with E-state index in [-0.39, 0.29) is 0 Å². The maximum Gasteiger partial charge on any atom is 0.257 e. The highest BCUT2D eigenvalue weighted by Gasteiger charge is 2.12. The van der Waals surface area contributed by atoms with Gasteiger partial charge in [-0.05, 0) is 31.8 Å². The van der Waals surface area contributed by atoms with Crippen molar-refractivity contribution >= 4 is 0 Å². The third-order valence-corrected chi connectivity index (χ3v) is 2.51. The van der Waals surface area contributed by atoms with Crippen LogP contribution in [0, 0.1) is 6.92 Å². The number of aromatic nitrogens is 1. The van der Waals surface area contributed by atoms with Crippen LogP contribution in [0.25, 0.3) is 0 Å². The molecule has 1 aromatic rings. The molecule has 1 aromatic heterocycles. The number of hydrogen-bond donors (Lipinski definition) is 0. The van der Waals surface area contributed by atoms with E-state index in [0.29, 0.717) is 12.5 Å². The van der Waals surface area contributed by atoms with Gasteiger partial charge in [0.2, 0.25) is 0 Å². The average molecular weight is 211 g/mol. The van der Waals surface area contributed by atoms with Gasteiger partial charge in [0.25, 0.3) is 5.88 Å². The molecule has 0 radical (unpaired) electrons. The fourth-order valence-corrected chi connectivity index (χ4v) is 1.63. The lowest BCUT2D eigenvalue weighted by Gasteiger charge is -2.02. The zero-order chi connectivity index (χ0) is 11.1. The van der Waals surface area contributed by atoms with Crippen molar-refractivity contribution < 1.29 is 9.26 Å². The molecule has 1 heterocycles. The second-order valence-corrected chi connectivity index (χ2v) is 3.77. The van der Waals surface area contributed by atoms with Crippen LogP contribution in [0.1, 0.15) is 50.9 Å². The van der Waals surface area contributed by atoms with Crippen LogP contribution in [0.4, 0.5) is 0 Å². The highest BCUT2D eigenvalue weighted by Crippen LogP contribution is 2.23. The number of ether oxygens (including phenoxy) is 1. The minimum absolute atomic E-state index is 0.647. The zero-order valence-electron chi connectivity index (χ0n) is 10.0. The van der Waals surface area contributed by atoms with Gasteiger partial charge in [0.1, 0.15) is 5.76 Å². The molecule has 1 rings (SSSR count). The number of aryl methyl sites for hydroxylation is 1. The molecule has 0 saturated carbocycles. The van der Waals surface area contributed by atoms with Gasteiger partial charge in [-0.3, -0.25) is 0 Å². The molecule has 86 valence electrons. The summed E-state index contributed by atoms with van der Waals surface area (Å²) >= 11 is 0. The molecule has 0 unspecified atom stereocenters. The molecule has 0 amide bonds. The first kappa shape index (κ1) is 12.1. The minimum atomic E-state index is 0.647. The second-order valence-electron chi connectivity index (χ2n) is 3.77. The number of hydrogen-bond acceptors (Lipinski definition) is 3. The smallest absolute Gasteiger partial charge is 0.257 e. The molecular weight excluding hydrogens is 190 g/mol. The summed E-state index contributed by atoms with van der Waals surface area (Å²) in [5.41, 5.74) is 1.15. The van der Waals surface area contributed by atoms with Gasteiger partial charge in [0.05, 0.1) is 12.2 Å². The molecule has 3 heteroatoms. The Labute approximate surface area is 91.8 Å². The fraction of sp³-hybridized carbons (Fsp3) is 0.750. The van der Waals surface area contributed by atoms with E-state index in [1.165, 1.54) is 25.7 Å². The number of rotatable bonds is 7. The molecule has 0 saturated heterocycles. The van der Waals surface area contributed by atoms with Gasteiger partial charge in [-0.1, -0.05) is 26.2 Å². The monoisotopic (exact) mass is 211 g/mol. The summed E-state index contributed by atoms with van der Waals surface area (Å²) in [5, 5.41) is 3.91. The van der Waals surface area contributed by atoms with Crippen molar-refractivity contribution in [1.29, 1.82) is 0 Å². The van der Waals surface area contributed by atoms with E-state index in [1.54, 1.807) is 0 Å². The highest BCUT2D eigenvalue weighted by molar-refractivity contribution is 5.27. The third-order valence-electron chi connectivity index (χ3n) is 2.51. The molecule has 0 fully saturated rings. The molecule has 0 aliphatic carbocycles. The lowest BCUT2D eigenvalue weighted by molar-refractivity contribution is 0.290. The molecule has 0 aromatic carbocycles. The van der Waals surface area contributed by atoms with Gasteiger partial charge < -0.3 is 9.26 Å². The first-order valence-electron chi connectivity index (χ1n) is 5.87. The summed E-state index contributed by atoms with van der Waals surface area (Å²) < 4.78 is 10.5. The van der Waals surface area contributed by atoms with E-state index in [4.69, 9.17) is 9.26 Å². The Hall–Kier alpha value is -0.990.